The number of hydrogen-bond acceptors (Lipinski definition) is 6. The minimum absolute atomic E-state index is 0.298. The Bertz CT molecular complexity index is 1120. The minimum atomic E-state index is -0.465. The largest absolute Gasteiger partial charge is 0.497 e. The highest BCUT2D eigenvalue weighted by Crippen LogP contribution is 2.22. The van der Waals surface area contributed by atoms with Gasteiger partial charge in [-0.1, -0.05) is 29.4 Å². The molecule has 0 bridgehead atoms. The average Bonchev–Trinajstić information content (AvgIpc) is 3.24. The van der Waals surface area contributed by atoms with Crippen molar-refractivity contribution in [2.24, 2.45) is 0 Å². The molecule has 0 saturated carbocycles. The van der Waals surface area contributed by atoms with Gasteiger partial charge in [0.1, 0.15) is 17.5 Å². The molecule has 7 nitrogen and oxygen atoms in total. The molecule has 4 rings (SSSR count). The van der Waals surface area contributed by atoms with E-state index in [2.05, 4.69) is 20.4 Å². The fourth-order valence-electron chi connectivity index (χ4n) is 2.90. The van der Waals surface area contributed by atoms with E-state index < -0.39 is 6.04 Å². The molecule has 0 aliphatic heterocycles. The third-order valence-corrected chi connectivity index (χ3v) is 4.40. The molecule has 2 aromatic carbocycles. The highest BCUT2D eigenvalue weighted by molar-refractivity contribution is 6.05. The summed E-state index contributed by atoms with van der Waals surface area (Å²) < 4.78 is 10.5. The van der Waals surface area contributed by atoms with Crippen molar-refractivity contribution in [2.75, 3.05) is 7.11 Å². The molecule has 1 N–H and O–H groups in total. The predicted octanol–water partition coefficient (Wildman–Crippen LogP) is 3.78. The van der Waals surface area contributed by atoms with Crippen LogP contribution in [0.2, 0.25) is 0 Å². The number of fused-ring (bicyclic) bond motifs is 1. The van der Waals surface area contributed by atoms with Gasteiger partial charge in [0.05, 0.1) is 7.11 Å². The number of pyridine rings is 1. The molecule has 0 aliphatic rings. The topological polar surface area (TPSA) is 90.1 Å². The lowest BCUT2D eigenvalue weighted by molar-refractivity contribution is 0.0929. The summed E-state index contributed by atoms with van der Waals surface area (Å²) in [6.45, 7) is 1.79. The number of benzene rings is 2. The Balaban J connectivity index is 1.52. The molecule has 4 aromatic rings. The Kier molecular flexibility index (Phi) is 4.72. The van der Waals surface area contributed by atoms with E-state index in [0.29, 0.717) is 17.4 Å². The molecule has 0 spiro atoms. The van der Waals surface area contributed by atoms with Gasteiger partial charge in [-0.3, -0.25) is 9.78 Å². The molecule has 0 fully saturated rings. The van der Waals surface area contributed by atoms with Crippen LogP contribution < -0.4 is 10.1 Å². The zero-order valence-corrected chi connectivity index (χ0v) is 15.4. The first-order chi connectivity index (χ1) is 13.7. The number of hydrogen-bond donors (Lipinski definition) is 1. The monoisotopic (exact) mass is 374 g/mol. The van der Waals surface area contributed by atoms with Crippen LogP contribution >= 0.6 is 0 Å². The van der Waals surface area contributed by atoms with E-state index in [1.165, 1.54) is 0 Å². The van der Waals surface area contributed by atoms with Gasteiger partial charge in [-0.2, -0.15) is 4.98 Å². The van der Waals surface area contributed by atoms with Gasteiger partial charge in [-0.25, -0.2) is 0 Å². The first kappa shape index (κ1) is 17.7. The molecule has 7 heteroatoms. The summed E-state index contributed by atoms with van der Waals surface area (Å²) in [6, 6.07) is 16.4. The van der Waals surface area contributed by atoms with Gasteiger partial charge in [-0.05, 0) is 42.6 Å². The highest BCUT2D eigenvalue weighted by atomic mass is 16.5. The quantitative estimate of drug-likeness (QED) is 0.572. The lowest BCUT2D eigenvalue weighted by Gasteiger charge is -2.10. The maximum Gasteiger partial charge on any atom is 0.271 e. The van der Waals surface area contributed by atoms with Gasteiger partial charge in [-0.15, -0.1) is 0 Å². The summed E-state index contributed by atoms with van der Waals surface area (Å²) in [6.07, 6.45) is 1.62. The second-order valence-corrected chi connectivity index (χ2v) is 6.26. The standard InChI is InChI=1S/C21H18N4O3/c1-13(21-24-19(25-28-21)15-7-9-16(27-2)10-8-15)23-20(26)18-17-6-4-3-5-14(17)11-12-22-18/h3-13H,1-2H3,(H,23,26)/t13-/m0/s1. The molecule has 0 unspecified atom stereocenters. The molecule has 0 aliphatic carbocycles. The molecular weight excluding hydrogens is 356 g/mol. The van der Waals surface area contributed by atoms with E-state index in [1.807, 2.05) is 54.6 Å². The lowest BCUT2D eigenvalue weighted by atomic mass is 10.1. The van der Waals surface area contributed by atoms with Crippen LogP contribution in [0.4, 0.5) is 0 Å². The molecule has 2 aromatic heterocycles. The first-order valence-corrected chi connectivity index (χ1v) is 8.78. The van der Waals surface area contributed by atoms with E-state index in [0.717, 1.165) is 22.1 Å². The van der Waals surface area contributed by atoms with Crippen LogP contribution in [0, 0.1) is 0 Å². The highest BCUT2D eigenvalue weighted by Gasteiger charge is 2.20. The van der Waals surface area contributed by atoms with Crippen molar-refractivity contribution in [3.05, 3.63) is 72.4 Å². The summed E-state index contributed by atoms with van der Waals surface area (Å²) in [5.41, 5.74) is 1.16. The number of carbonyl (C=O) groups excluding carboxylic acids is 1. The number of nitrogens with zero attached hydrogens (tertiary/aromatic N) is 3. The minimum Gasteiger partial charge on any atom is -0.497 e. The maximum atomic E-state index is 12.7. The molecule has 0 radical (unpaired) electrons. The number of carbonyl (C=O) groups is 1. The molecule has 2 heterocycles. The Morgan fingerprint density at radius 2 is 1.89 bits per heavy atom. The van der Waals surface area contributed by atoms with Crippen LogP contribution in [0.3, 0.4) is 0 Å². The first-order valence-electron chi connectivity index (χ1n) is 8.78. The number of rotatable bonds is 5. The van der Waals surface area contributed by atoms with Gasteiger partial charge >= 0.3 is 0 Å². The van der Waals surface area contributed by atoms with Crippen molar-refractivity contribution in [1.29, 1.82) is 0 Å². The number of amides is 1. The van der Waals surface area contributed by atoms with Crippen LogP contribution in [0.25, 0.3) is 22.2 Å². The lowest BCUT2D eigenvalue weighted by Crippen LogP contribution is -2.27. The third-order valence-electron chi connectivity index (χ3n) is 4.40. The number of methoxy groups -OCH3 is 1. The molecule has 1 amide bonds. The van der Waals surface area contributed by atoms with Crippen LogP contribution in [-0.4, -0.2) is 28.1 Å². The van der Waals surface area contributed by atoms with E-state index in [1.54, 1.807) is 20.2 Å². The number of aromatic nitrogens is 3. The van der Waals surface area contributed by atoms with Gasteiger partial charge in [0.2, 0.25) is 11.7 Å². The second kappa shape index (κ2) is 7.48. The van der Waals surface area contributed by atoms with Crippen molar-refractivity contribution < 1.29 is 14.1 Å². The third kappa shape index (κ3) is 3.42. The molecule has 140 valence electrons. The predicted molar refractivity (Wildman–Crippen MR) is 104 cm³/mol. The Hall–Kier alpha value is -3.74. The van der Waals surface area contributed by atoms with Gasteiger partial charge in [0.25, 0.3) is 5.91 Å². The Morgan fingerprint density at radius 3 is 2.68 bits per heavy atom. The van der Waals surface area contributed by atoms with E-state index in [9.17, 15) is 4.79 Å². The molecule has 0 saturated heterocycles. The molecular formula is C21H18N4O3. The summed E-state index contributed by atoms with van der Waals surface area (Å²) in [5.74, 6) is 1.21. The molecule has 1 atom stereocenters. The zero-order valence-electron chi connectivity index (χ0n) is 15.4. The fourth-order valence-corrected chi connectivity index (χ4v) is 2.90. The van der Waals surface area contributed by atoms with Crippen molar-refractivity contribution in [3.8, 4) is 17.1 Å². The average molecular weight is 374 g/mol. The van der Waals surface area contributed by atoms with Crippen LogP contribution in [-0.2, 0) is 0 Å². The van der Waals surface area contributed by atoms with Crippen molar-refractivity contribution in [1.82, 2.24) is 20.4 Å². The zero-order chi connectivity index (χ0) is 19.5. The van der Waals surface area contributed by atoms with Crippen LogP contribution in [0.1, 0.15) is 29.3 Å². The van der Waals surface area contributed by atoms with E-state index in [4.69, 9.17) is 9.26 Å². The van der Waals surface area contributed by atoms with E-state index >= 15 is 0 Å². The maximum absolute atomic E-state index is 12.7. The smallest absolute Gasteiger partial charge is 0.271 e. The van der Waals surface area contributed by atoms with Crippen molar-refractivity contribution >= 4 is 16.7 Å². The number of nitrogens with one attached hydrogen (secondary N) is 1. The van der Waals surface area contributed by atoms with Crippen molar-refractivity contribution in [3.63, 3.8) is 0 Å². The Labute approximate surface area is 161 Å². The molecule has 28 heavy (non-hydrogen) atoms. The normalized spacial score (nSPS) is 11.9. The van der Waals surface area contributed by atoms with Gasteiger partial charge < -0.3 is 14.6 Å². The van der Waals surface area contributed by atoms with Crippen molar-refractivity contribution in [2.45, 2.75) is 13.0 Å². The van der Waals surface area contributed by atoms with Crippen LogP contribution in [0.5, 0.6) is 5.75 Å². The second-order valence-electron chi connectivity index (χ2n) is 6.26. The summed E-state index contributed by atoms with van der Waals surface area (Å²) in [5, 5.41) is 8.61. The van der Waals surface area contributed by atoms with Crippen LogP contribution in [0.15, 0.2) is 65.3 Å². The fraction of sp³-hybridized carbons (Fsp3) is 0.143. The summed E-state index contributed by atoms with van der Waals surface area (Å²) >= 11 is 0. The summed E-state index contributed by atoms with van der Waals surface area (Å²) in [4.78, 5) is 21.3. The number of ether oxygens (including phenoxy) is 1. The summed E-state index contributed by atoms with van der Waals surface area (Å²) in [7, 11) is 1.61. The Morgan fingerprint density at radius 1 is 1.11 bits per heavy atom. The van der Waals surface area contributed by atoms with Gasteiger partial charge in [0.15, 0.2) is 0 Å². The van der Waals surface area contributed by atoms with E-state index in [-0.39, 0.29) is 5.91 Å². The SMILES string of the molecule is COc1ccc(-c2noc([C@H](C)NC(=O)c3nccc4ccccc34)n2)cc1. The van der Waals surface area contributed by atoms with Gasteiger partial charge in [0, 0.05) is 17.1 Å².